The number of carbonyl (C=O) groups is 1. The van der Waals surface area contributed by atoms with Crippen molar-refractivity contribution in [2.24, 2.45) is 0 Å². The largest absolute Gasteiger partial charge is 0.416 e. The Bertz CT molecular complexity index is 489. The normalized spacial score (nSPS) is 11.6. The maximum atomic E-state index is 12.8. The van der Waals surface area contributed by atoms with Crippen molar-refractivity contribution in [1.29, 1.82) is 0 Å². The predicted molar refractivity (Wildman–Crippen MR) is 81.0 cm³/mol. The Morgan fingerprint density at radius 2 is 1.91 bits per heavy atom. The topological polar surface area (TPSA) is 35.6 Å². The zero-order chi connectivity index (χ0) is 16.8. The van der Waals surface area contributed by atoms with Crippen LogP contribution in [0.1, 0.15) is 18.9 Å². The summed E-state index contributed by atoms with van der Waals surface area (Å²) < 4.78 is 38.5. The molecule has 1 rings (SSSR count). The van der Waals surface area contributed by atoms with Crippen LogP contribution >= 0.6 is 0 Å². The summed E-state index contributed by atoms with van der Waals surface area (Å²) in [6, 6.07) is 4.44. The monoisotopic (exact) mass is 317 g/mol. The number of likely N-dealkylation sites (N-methyl/N-ethyl adjacent to an activating group) is 1. The first-order valence-corrected chi connectivity index (χ1v) is 7.13. The fourth-order valence-corrected chi connectivity index (χ4v) is 1.83. The molecule has 0 spiro atoms. The second-order valence-electron chi connectivity index (χ2n) is 5.23. The van der Waals surface area contributed by atoms with E-state index < -0.39 is 11.7 Å². The Balaban J connectivity index is 3.01. The number of alkyl halides is 3. The molecule has 0 atom stereocenters. The molecule has 0 radical (unpaired) electrons. The van der Waals surface area contributed by atoms with E-state index in [0.29, 0.717) is 19.6 Å². The van der Waals surface area contributed by atoms with E-state index in [4.69, 9.17) is 0 Å². The Hall–Kier alpha value is -1.76. The van der Waals surface area contributed by atoms with Crippen molar-refractivity contribution in [3.05, 3.63) is 29.8 Å². The van der Waals surface area contributed by atoms with Gasteiger partial charge in [0.15, 0.2) is 0 Å². The molecule has 0 bridgehead atoms. The first-order valence-electron chi connectivity index (χ1n) is 7.13. The molecule has 0 saturated carbocycles. The van der Waals surface area contributed by atoms with Crippen LogP contribution in [-0.2, 0) is 6.18 Å². The lowest BCUT2D eigenvalue weighted by Gasteiger charge is -2.25. The molecule has 1 aromatic carbocycles. The van der Waals surface area contributed by atoms with Crippen molar-refractivity contribution in [3.8, 4) is 0 Å². The van der Waals surface area contributed by atoms with E-state index in [1.54, 1.807) is 0 Å². The van der Waals surface area contributed by atoms with Gasteiger partial charge >= 0.3 is 12.2 Å². The summed E-state index contributed by atoms with van der Waals surface area (Å²) in [6.07, 6.45) is -3.67. The minimum atomic E-state index is -4.43. The molecule has 7 heteroatoms. The van der Waals surface area contributed by atoms with E-state index >= 15 is 0 Å². The van der Waals surface area contributed by atoms with Crippen molar-refractivity contribution in [1.82, 2.24) is 10.2 Å². The summed E-state index contributed by atoms with van der Waals surface area (Å²) >= 11 is 0. The summed E-state index contributed by atoms with van der Waals surface area (Å²) in [6.45, 7) is 3.25. The summed E-state index contributed by atoms with van der Waals surface area (Å²) in [5.74, 6) is 0. The third kappa shape index (κ3) is 5.55. The molecule has 0 aliphatic rings. The Morgan fingerprint density at radius 1 is 1.23 bits per heavy atom. The van der Waals surface area contributed by atoms with Crippen molar-refractivity contribution in [2.45, 2.75) is 19.5 Å². The number of anilines is 1. The zero-order valence-corrected chi connectivity index (χ0v) is 13.1. The number of hydrogen-bond donors (Lipinski definition) is 1. The van der Waals surface area contributed by atoms with Crippen LogP contribution in [0, 0.1) is 0 Å². The fraction of sp³-hybridized carbons (Fsp3) is 0.533. The molecule has 22 heavy (non-hydrogen) atoms. The van der Waals surface area contributed by atoms with Crippen molar-refractivity contribution in [2.75, 3.05) is 38.6 Å². The Kier molecular flexibility index (Phi) is 6.67. The van der Waals surface area contributed by atoms with Crippen LogP contribution in [0.4, 0.5) is 23.7 Å². The van der Waals surface area contributed by atoms with Gasteiger partial charge in [0, 0.05) is 25.3 Å². The van der Waals surface area contributed by atoms with Crippen LogP contribution in [0.15, 0.2) is 24.3 Å². The van der Waals surface area contributed by atoms with Gasteiger partial charge in [0.25, 0.3) is 0 Å². The van der Waals surface area contributed by atoms with Crippen LogP contribution in [0.3, 0.4) is 0 Å². The lowest BCUT2D eigenvalue weighted by molar-refractivity contribution is -0.137. The molecule has 0 saturated heterocycles. The minimum Gasteiger partial charge on any atom is -0.338 e. The highest BCUT2D eigenvalue weighted by atomic mass is 19.4. The lowest BCUT2D eigenvalue weighted by Crippen LogP contribution is -2.43. The van der Waals surface area contributed by atoms with Crippen molar-refractivity contribution < 1.29 is 18.0 Å². The van der Waals surface area contributed by atoms with Gasteiger partial charge in [0.1, 0.15) is 0 Å². The number of benzene rings is 1. The summed E-state index contributed by atoms with van der Waals surface area (Å²) in [7, 11) is 3.68. The molecule has 0 unspecified atom stereocenters. The van der Waals surface area contributed by atoms with Gasteiger partial charge in [0.05, 0.1) is 5.56 Å². The maximum absolute atomic E-state index is 12.8. The van der Waals surface area contributed by atoms with Crippen molar-refractivity contribution in [3.63, 3.8) is 0 Å². The predicted octanol–water partition coefficient (Wildman–Crippen LogP) is 3.19. The van der Waals surface area contributed by atoms with E-state index in [9.17, 15) is 18.0 Å². The third-order valence-corrected chi connectivity index (χ3v) is 3.03. The molecule has 124 valence electrons. The molecule has 0 aromatic heterocycles. The van der Waals surface area contributed by atoms with Crippen molar-refractivity contribution >= 4 is 11.7 Å². The first-order chi connectivity index (χ1) is 10.3. The zero-order valence-electron chi connectivity index (χ0n) is 13.1. The Morgan fingerprint density at radius 3 is 2.45 bits per heavy atom. The highest BCUT2D eigenvalue weighted by Crippen LogP contribution is 2.31. The van der Waals surface area contributed by atoms with Gasteiger partial charge in [-0.25, -0.2) is 4.79 Å². The highest BCUT2D eigenvalue weighted by Gasteiger charge is 2.31. The second kappa shape index (κ2) is 8.03. The molecule has 1 aromatic rings. The van der Waals surface area contributed by atoms with Gasteiger partial charge in [-0.2, -0.15) is 13.2 Å². The fourth-order valence-electron chi connectivity index (χ4n) is 1.83. The summed E-state index contributed by atoms with van der Waals surface area (Å²) in [4.78, 5) is 15.4. The number of nitrogens with one attached hydrogen (secondary N) is 1. The molecule has 0 aliphatic carbocycles. The maximum Gasteiger partial charge on any atom is 0.416 e. The Labute approximate surface area is 128 Å². The molecule has 0 fully saturated rings. The van der Waals surface area contributed by atoms with E-state index in [1.165, 1.54) is 17.0 Å². The van der Waals surface area contributed by atoms with Gasteiger partial charge in [-0.1, -0.05) is 13.0 Å². The van der Waals surface area contributed by atoms with Gasteiger partial charge in [-0.15, -0.1) is 0 Å². The molecule has 0 aliphatic heterocycles. The molecule has 4 nitrogen and oxygen atoms in total. The SMILES string of the molecule is CCCNC(=O)N(CCN(C)C)c1cccc(C(F)(F)F)c1. The second-order valence-corrected chi connectivity index (χ2v) is 5.23. The summed E-state index contributed by atoms with van der Waals surface area (Å²) in [5.41, 5.74) is -0.520. The standard InChI is InChI=1S/C15H22F3N3O/c1-4-8-19-14(22)21(10-9-20(2)3)13-7-5-6-12(11-13)15(16,17)18/h5-7,11H,4,8-10H2,1-3H3,(H,19,22). The number of hydrogen-bond acceptors (Lipinski definition) is 2. The van der Waals surface area contributed by atoms with Crippen LogP contribution in [0.5, 0.6) is 0 Å². The number of halogens is 3. The van der Waals surface area contributed by atoms with Gasteiger partial charge < -0.3 is 10.2 Å². The smallest absolute Gasteiger partial charge is 0.338 e. The van der Waals surface area contributed by atoms with E-state index in [0.717, 1.165) is 18.6 Å². The lowest BCUT2D eigenvalue weighted by atomic mass is 10.2. The quantitative estimate of drug-likeness (QED) is 0.874. The number of urea groups is 1. The van der Waals surface area contributed by atoms with E-state index in [2.05, 4.69) is 5.32 Å². The molecule has 0 heterocycles. The van der Waals surface area contributed by atoms with Crippen LogP contribution in [-0.4, -0.2) is 44.7 Å². The minimum absolute atomic E-state index is 0.241. The van der Waals surface area contributed by atoms with Crippen LogP contribution < -0.4 is 10.2 Å². The van der Waals surface area contributed by atoms with E-state index in [1.807, 2.05) is 25.9 Å². The average Bonchev–Trinajstić information content (AvgIpc) is 2.44. The third-order valence-electron chi connectivity index (χ3n) is 3.03. The first kappa shape index (κ1) is 18.3. The number of carbonyl (C=O) groups excluding carboxylic acids is 1. The molecular weight excluding hydrogens is 295 g/mol. The summed E-state index contributed by atoms with van der Waals surface area (Å²) in [5, 5.41) is 2.70. The van der Waals surface area contributed by atoms with Gasteiger partial charge in [-0.3, -0.25) is 4.90 Å². The highest BCUT2D eigenvalue weighted by molar-refractivity contribution is 5.92. The number of amides is 2. The van der Waals surface area contributed by atoms with Gasteiger partial charge in [-0.05, 0) is 38.7 Å². The average molecular weight is 317 g/mol. The molecule has 1 N–H and O–H groups in total. The van der Waals surface area contributed by atoms with Crippen LogP contribution in [0.2, 0.25) is 0 Å². The van der Waals surface area contributed by atoms with Gasteiger partial charge in [0.2, 0.25) is 0 Å². The molecule has 2 amide bonds. The number of nitrogens with zero attached hydrogens (tertiary/aromatic N) is 2. The van der Waals surface area contributed by atoms with E-state index in [-0.39, 0.29) is 11.7 Å². The molecular formula is C15H22F3N3O. The van der Waals surface area contributed by atoms with Crippen LogP contribution in [0.25, 0.3) is 0 Å². The number of rotatable bonds is 6.